The van der Waals surface area contributed by atoms with Gasteiger partial charge in [-0.15, -0.1) is 0 Å². The number of carbonyl (C=O) groups is 1. The van der Waals surface area contributed by atoms with Crippen molar-refractivity contribution >= 4 is 5.91 Å². The lowest BCUT2D eigenvalue weighted by Gasteiger charge is -2.40. The summed E-state index contributed by atoms with van der Waals surface area (Å²) in [4.78, 5) is 13.1. The highest BCUT2D eigenvalue weighted by Gasteiger charge is 2.44. The molecule has 0 aliphatic carbocycles. The summed E-state index contributed by atoms with van der Waals surface area (Å²) in [6, 6.07) is -0.822. The van der Waals surface area contributed by atoms with Crippen molar-refractivity contribution in [2.75, 3.05) is 13.2 Å². The molecule has 0 saturated carbocycles. The summed E-state index contributed by atoms with van der Waals surface area (Å²) in [6.07, 6.45) is 72.3. The van der Waals surface area contributed by atoms with E-state index in [-0.39, 0.29) is 12.5 Å². The first kappa shape index (κ1) is 74.2. The van der Waals surface area contributed by atoms with Gasteiger partial charge in [0.15, 0.2) is 6.29 Å². The molecule has 7 unspecified atom stereocenters. The molecule has 7 atom stereocenters. The molecule has 0 radical (unpaired) electrons. The fourth-order valence-corrected chi connectivity index (χ4v) is 10.8. The van der Waals surface area contributed by atoms with Crippen molar-refractivity contribution in [3.05, 3.63) is 48.6 Å². The summed E-state index contributed by atoms with van der Waals surface area (Å²) in [5.74, 6) is -0.183. The van der Waals surface area contributed by atoms with Crippen LogP contribution in [-0.2, 0) is 14.3 Å². The van der Waals surface area contributed by atoms with E-state index in [0.29, 0.717) is 6.42 Å². The summed E-state index contributed by atoms with van der Waals surface area (Å²) in [6.45, 7) is 3.79. The minimum Gasteiger partial charge on any atom is -0.394 e. The molecule has 1 aliphatic heterocycles. The van der Waals surface area contributed by atoms with Crippen LogP contribution in [-0.4, -0.2) is 87.5 Å². The number of aliphatic hydroxyl groups is 5. The number of ether oxygens (including phenoxy) is 2. The summed E-state index contributed by atoms with van der Waals surface area (Å²) in [7, 11) is 0. The molecule has 0 aromatic rings. The monoisotopic (exact) mass is 1100 g/mol. The second-order valence-electron chi connectivity index (χ2n) is 23.6. The lowest BCUT2D eigenvalue weighted by Crippen LogP contribution is -2.60. The van der Waals surface area contributed by atoms with Crippen LogP contribution in [0.15, 0.2) is 48.6 Å². The number of rotatable bonds is 59. The van der Waals surface area contributed by atoms with Gasteiger partial charge in [-0.05, 0) is 64.2 Å². The van der Waals surface area contributed by atoms with Gasteiger partial charge in [0.2, 0.25) is 5.91 Å². The van der Waals surface area contributed by atoms with Crippen LogP contribution in [0.25, 0.3) is 0 Å². The third-order valence-electron chi connectivity index (χ3n) is 16.1. The maximum absolute atomic E-state index is 13.1. The average Bonchev–Trinajstić information content (AvgIpc) is 3.45. The Balaban J connectivity index is 2.07. The van der Waals surface area contributed by atoms with Crippen LogP contribution < -0.4 is 5.32 Å². The quantitative estimate of drug-likeness (QED) is 0.0261. The predicted molar refractivity (Wildman–Crippen MR) is 332 cm³/mol. The molecule has 9 heteroatoms. The molecule has 78 heavy (non-hydrogen) atoms. The van der Waals surface area contributed by atoms with Crippen molar-refractivity contribution in [3.63, 3.8) is 0 Å². The van der Waals surface area contributed by atoms with Gasteiger partial charge in [0, 0.05) is 6.42 Å². The molecule has 1 aliphatic rings. The molecular formula is C69H129NO8. The SMILES string of the molecule is CCCCCCCCCCCC/C=C/CC/C=C/C(O)C(COC1OC(CO)C(O)C(O)C1O)NC(=O)CCCCCCCCCCCCCCCCCCC/C=C\C/C=C\CCCCCCCCCCCCCCCCC. The first-order valence-corrected chi connectivity index (χ1v) is 33.9. The third-order valence-corrected chi connectivity index (χ3v) is 16.1. The Bertz CT molecular complexity index is 1370. The standard InChI is InChI=1S/C69H129NO8/c1-3-5-7-9-11-13-15-17-19-21-22-23-24-25-26-27-28-29-30-31-32-33-34-35-36-37-38-39-40-41-42-43-45-47-49-51-53-55-57-59-65(73)70-62(61-77-69-68(76)67(75)66(74)64(60-71)78-69)63(72)58-56-54-52-50-48-46-44-20-18-16-14-12-10-8-6-4-2/h28-29,31-32,48,50,56,58,62-64,66-69,71-72,74-76H,3-27,30,33-47,49,51-55,57,59-61H2,1-2H3,(H,70,73)/b29-28-,32-31-,50-48+,58-56+. The Morgan fingerprint density at radius 1 is 0.436 bits per heavy atom. The van der Waals surface area contributed by atoms with Crippen molar-refractivity contribution in [1.29, 1.82) is 0 Å². The van der Waals surface area contributed by atoms with Crippen LogP contribution in [0.4, 0.5) is 0 Å². The summed E-state index contributed by atoms with van der Waals surface area (Å²) in [5, 5.41) is 54.5. The number of nitrogens with one attached hydrogen (secondary N) is 1. The Kier molecular flexibility index (Phi) is 55.5. The minimum absolute atomic E-state index is 0.183. The van der Waals surface area contributed by atoms with E-state index in [0.717, 1.165) is 44.9 Å². The molecule has 9 nitrogen and oxygen atoms in total. The van der Waals surface area contributed by atoms with Gasteiger partial charge in [0.25, 0.3) is 0 Å². The topological polar surface area (TPSA) is 149 Å². The van der Waals surface area contributed by atoms with Gasteiger partial charge in [0.1, 0.15) is 24.4 Å². The van der Waals surface area contributed by atoms with Gasteiger partial charge >= 0.3 is 0 Å². The van der Waals surface area contributed by atoms with E-state index in [1.54, 1.807) is 6.08 Å². The summed E-state index contributed by atoms with van der Waals surface area (Å²) >= 11 is 0. The van der Waals surface area contributed by atoms with Crippen molar-refractivity contribution in [1.82, 2.24) is 5.32 Å². The summed E-state index contributed by atoms with van der Waals surface area (Å²) in [5.41, 5.74) is 0. The molecule has 1 saturated heterocycles. The highest BCUT2D eigenvalue weighted by atomic mass is 16.7. The van der Waals surface area contributed by atoms with E-state index in [2.05, 4.69) is 55.6 Å². The maximum atomic E-state index is 13.1. The fourth-order valence-electron chi connectivity index (χ4n) is 10.8. The number of unbranched alkanes of at least 4 members (excludes halogenated alkanes) is 43. The lowest BCUT2D eigenvalue weighted by molar-refractivity contribution is -0.302. The third kappa shape index (κ3) is 46.7. The zero-order chi connectivity index (χ0) is 56.5. The van der Waals surface area contributed by atoms with E-state index >= 15 is 0 Å². The van der Waals surface area contributed by atoms with Crippen molar-refractivity contribution in [3.8, 4) is 0 Å². The number of carbonyl (C=O) groups excluding carboxylic acids is 1. The molecule has 0 aromatic heterocycles. The molecule has 1 heterocycles. The second kappa shape index (κ2) is 58.4. The van der Waals surface area contributed by atoms with Gasteiger partial charge in [-0.25, -0.2) is 0 Å². The number of allylic oxidation sites excluding steroid dienone is 7. The maximum Gasteiger partial charge on any atom is 0.220 e. The molecule has 0 spiro atoms. The van der Waals surface area contributed by atoms with Crippen LogP contribution in [0.5, 0.6) is 0 Å². The molecule has 0 bridgehead atoms. The van der Waals surface area contributed by atoms with E-state index < -0.39 is 49.5 Å². The molecule has 0 aromatic carbocycles. The number of hydrogen-bond acceptors (Lipinski definition) is 8. The number of hydrogen-bond donors (Lipinski definition) is 6. The van der Waals surface area contributed by atoms with Gasteiger partial charge in [-0.2, -0.15) is 0 Å². The Morgan fingerprint density at radius 3 is 1.15 bits per heavy atom. The largest absolute Gasteiger partial charge is 0.394 e. The average molecular weight is 1100 g/mol. The van der Waals surface area contributed by atoms with E-state index in [1.807, 2.05) is 6.08 Å². The lowest BCUT2D eigenvalue weighted by atomic mass is 9.99. The van der Waals surface area contributed by atoms with Gasteiger partial charge in [-0.3, -0.25) is 4.79 Å². The Morgan fingerprint density at radius 2 is 0.769 bits per heavy atom. The van der Waals surface area contributed by atoms with Crippen molar-refractivity contribution in [2.24, 2.45) is 0 Å². The second-order valence-corrected chi connectivity index (χ2v) is 23.6. The first-order valence-electron chi connectivity index (χ1n) is 33.9. The van der Waals surface area contributed by atoms with Crippen molar-refractivity contribution < 1.29 is 39.8 Å². The van der Waals surface area contributed by atoms with Crippen LogP contribution in [0.2, 0.25) is 0 Å². The minimum atomic E-state index is -1.57. The number of aliphatic hydroxyl groups excluding tert-OH is 5. The molecule has 6 N–H and O–H groups in total. The van der Waals surface area contributed by atoms with Crippen molar-refractivity contribution in [2.45, 2.75) is 371 Å². The van der Waals surface area contributed by atoms with Gasteiger partial charge in [0.05, 0.1) is 25.4 Å². The molecule has 1 amide bonds. The number of amides is 1. The molecule has 458 valence electrons. The molecule has 1 rings (SSSR count). The van der Waals surface area contributed by atoms with Gasteiger partial charge < -0.3 is 40.3 Å². The molecule has 1 fully saturated rings. The molecular weight excluding hydrogens is 971 g/mol. The van der Waals surface area contributed by atoms with E-state index in [4.69, 9.17) is 9.47 Å². The first-order chi connectivity index (χ1) is 38.3. The van der Waals surface area contributed by atoms with Crippen LogP contribution >= 0.6 is 0 Å². The summed E-state index contributed by atoms with van der Waals surface area (Å²) < 4.78 is 11.3. The zero-order valence-corrected chi connectivity index (χ0v) is 51.2. The van der Waals surface area contributed by atoms with Crippen LogP contribution in [0, 0.1) is 0 Å². The normalized spacial score (nSPS) is 18.9. The van der Waals surface area contributed by atoms with Crippen LogP contribution in [0.3, 0.4) is 0 Å². The smallest absolute Gasteiger partial charge is 0.220 e. The van der Waals surface area contributed by atoms with Crippen LogP contribution in [0.1, 0.15) is 328 Å². The van der Waals surface area contributed by atoms with E-state index in [9.17, 15) is 30.3 Å². The predicted octanol–water partition coefficient (Wildman–Crippen LogP) is 18.0. The van der Waals surface area contributed by atoms with E-state index in [1.165, 1.54) is 263 Å². The zero-order valence-electron chi connectivity index (χ0n) is 51.2. The van der Waals surface area contributed by atoms with Gasteiger partial charge in [-0.1, -0.05) is 306 Å². The Hall–Kier alpha value is -1.85. The highest BCUT2D eigenvalue weighted by molar-refractivity contribution is 5.76. The fraction of sp³-hybridized carbons (Fsp3) is 0.870. The highest BCUT2D eigenvalue weighted by Crippen LogP contribution is 2.23. The Labute approximate surface area is 482 Å².